The van der Waals surface area contributed by atoms with Gasteiger partial charge in [0.1, 0.15) is 5.54 Å². The molecule has 1 saturated heterocycles. The predicted octanol–water partition coefficient (Wildman–Crippen LogP) is 1.90. The van der Waals surface area contributed by atoms with Crippen LogP contribution in [-0.2, 0) is 9.53 Å². The van der Waals surface area contributed by atoms with Crippen molar-refractivity contribution in [3.8, 4) is 0 Å². The van der Waals surface area contributed by atoms with Crippen LogP contribution in [0.4, 0.5) is 0 Å². The lowest BCUT2D eigenvalue weighted by atomic mass is 9.90. The second kappa shape index (κ2) is 7.25. The molecule has 1 aliphatic rings. The average Bonchev–Trinajstić information content (AvgIpc) is 2.34. The topological polar surface area (TPSA) is 41.6 Å². The second-order valence-corrected chi connectivity index (χ2v) is 6.39. The number of esters is 1. The van der Waals surface area contributed by atoms with Crippen molar-refractivity contribution in [2.24, 2.45) is 11.8 Å². The van der Waals surface area contributed by atoms with E-state index in [0.717, 1.165) is 32.6 Å². The first kappa shape index (κ1) is 16.4. The first-order valence-corrected chi connectivity index (χ1v) is 7.47. The number of nitrogens with one attached hydrogen (secondary N) is 1. The number of likely N-dealkylation sites (tertiary alicyclic amines) is 1. The summed E-state index contributed by atoms with van der Waals surface area (Å²) in [6.45, 7) is 12.4. The molecule has 0 aromatic rings. The van der Waals surface area contributed by atoms with Crippen LogP contribution in [0, 0.1) is 11.8 Å². The largest absolute Gasteiger partial charge is 0.468 e. The van der Waals surface area contributed by atoms with Crippen LogP contribution in [0.25, 0.3) is 0 Å². The lowest BCUT2D eigenvalue weighted by Gasteiger charge is -2.40. The number of rotatable bonds is 6. The van der Waals surface area contributed by atoms with Crippen molar-refractivity contribution in [1.82, 2.24) is 10.2 Å². The number of hydrogen-bond acceptors (Lipinski definition) is 4. The number of piperidine rings is 1. The summed E-state index contributed by atoms with van der Waals surface area (Å²) in [4.78, 5) is 14.5. The van der Waals surface area contributed by atoms with Gasteiger partial charge in [0.15, 0.2) is 0 Å². The minimum atomic E-state index is -0.596. The van der Waals surface area contributed by atoms with E-state index in [1.807, 2.05) is 6.92 Å². The van der Waals surface area contributed by atoms with E-state index in [9.17, 15) is 4.79 Å². The highest BCUT2D eigenvalue weighted by Crippen LogP contribution is 2.22. The van der Waals surface area contributed by atoms with E-state index in [0.29, 0.717) is 11.8 Å². The molecule has 112 valence electrons. The summed E-state index contributed by atoms with van der Waals surface area (Å²) in [5, 5.41) is 3.36. The quantitative estimate of drug-likeness (QED) is 0.749. The van der Waals surface area contributed by atoms with Crippen molar-refractivity contribution in [2.75, 3.05) is 33.3 Å². The maximum atomic E-state index is 12.1. The summed E-state index contributed by atoms with van der Waals surface area (Å²) in [5.41, 5.74) is -0.596. The van der Waals surface area contributed by atoms with Crippen LogP contribution in [0.2, 0.25) is 0 Å². The van der Waals surface area contributed by atoms with Gasteiger partial charge in [0.2, 0.25) is 0 Å². The van der Waals surface area contributed by atoms with E-state index < -0.39 is 5.54 Å². The van der Waals surface area contributed by atoms with Gasteiger partial charge in [-0.15, -0.1) is 0 Å². The van der Waals surface area contributed by atoms with E-state index in [1.54, 1.807) is 0 Å². The van der Waals surface area contributed by atoms with Gasteiger partial charge in [-0.3, -0.25) is 4.79 Å². The van der Waals surface area contributed by atoms with Gasteiger partial charge in [0.05, 0.1) is 7.11 Å². The molecule has 4 nitrogen and oxygen atoms in total. The highest BCUT2D eigenvalue weighted by Gasteiger charge is 2.37. The molecule has 0 radical (unpaired) electrons. The smallest absolute Gasteiger partial charge is 0.327 e. The molecule has 0 amide bonds. The molecule has 1 N–H and O–H groups in total. The number of methoxy groups -OCH3 is 1. The van der Waals surface area contributed by atoms with E-state index in [1.165, 1.54) is 13.5 Å². The zero-order valence-electron chi connectivity index (χ0n) is 13.2. The first-order valence-electron chi connectivity index (χ1n) is 7.47. The maximum Gasteiger partial charge on any atom is 0.327 e. The fourth-order valence-corrected chi connectivity index (χ4v) is 3.19. The Kier molecular flexibility index (Phi) is 6.27. The Morgan fingerprint density at radius 2 is 1.95 bits per heavy atom. The summed E-state index contributed by atoms with van der Waals surface area (Å²) < 4.78 is 4.98. The molecule has 0 spiro atoms. The molecule has 0 bridgehead atoms. The normalized spacial score (nSPS) is 27.8. The Morgan fingerprint density at radius 3 is 2.42 bits per heavy atom. The Hall–Kier alpha value is -0.610. The highest BCUT2D eigenvalue weighted by molar-refractivity contribution is 5.80. The molecular formula is C15H30N2O2. The average molecular weight is 270 g/mol. The Balaban J connectivity index is 2.68. The van der Waals surface area contributed by atoms with Crippen LogP contribution in [0.15, 0.2) is 0 Å². The summed E-state index contributed by atoms with van der Waals surface area (Å²) in [7, 11) is 1.47. The minimum absolute atomic E-state index is 0.160. The van der Waals surface area contributed by atoms with E-state index >= 15 is 0 Å². The number of carbonyl (C=O) groups is 1. The molecule has 0 aliphatic carbocycles. The van der Waals surface area contributed by atoms with Crippen LogP contribution < -0.4 is 5.32 Å². The number of nitrogens with zero attached hydrogens (tertiary/aromatic N) is 1. The van der Waals surface area contributed by atoms with Gasteiger partial charge in [0.25, 0.3) is 0 Å². The van der Waals surface area contributed by atoms with Crippen LogP contribution in [-0.4, -0.2) is 49.7 Å². The second-order valence-electron chi connectivity index (χ2n) is 6.39. The molecule has 0 aromatic heterocycles. The van der Waals surface area contributed by atoms with E-state index in [2.05, 4.69) is 31.0 Å². The lowest BCUT2D eigenvalue weighted by molar-refractivity contribution is -0.149. The van der Waals surface area contributed by atoms with E-state index in [4.69, 9.17) is 4.74 Å². The van der Waals surface area contributed by atoms with Gasteiger partial charge in [-0.25, -0.2) is 0 Å². The van der Waals surface area contributed by atoms with Crippen LogP contribution in [0.5, 0.6) is 0 Å². The molecule has 4 heteroatoms. The maximum absolute atomic E-state index is 12.1. The van der Waals surface area contributed by atoms with Crippen molar-refractivity contribution in [3.63, 3.8) is 0 Å². The molecule has 1 aliphatic heterocycles. The summed E-state index contributed by atoms with van der Waals surface area (Å²) in [6, 6.07) is 0. The van der Waals surface area contributed by atoms with Crippen molar-refractivity contribution in [3.05, 3.63) is 0 Å². The summed E-state index contributed by atoms with van der Waals surface area (Å²) in [6.07, 6.45) is 2.30. The number of carbonyl (C=O) groups excluding carboxylic acids is 1. The third-order valence-electron chi connectivity index (χ3n) is 3.89. The molecular weight excluding hydrogens is 240 g/mol. The summed E-state index contributed by atoms with van der Waals surface area (Å²) in [5.74, 6) is 1.25. The van der Waals surface area contributed by atoms with Gasteiger partial charge in [0, 0.05) is 19.6 Å². The van der Waals surface area contributed by atoms with Crippen molar-refractivity contribution in [2.45, 2.75) is 46.1 Å². The molecule has 1 fully saturated rings. The van der Waals surface area contributed by atoms with Crippen LogP contribution in [0.3, 0.4) is 0 Å². The SMILES string of the molecule is CCCNC(C)(CN1CC(C)CC(C)C1)C(=O)OC. The monoisotopic (exact) mass is 270 g/mol. The number of ether oxygens (including phenoxy) is 1. The Morgan fingerprint density at radius 1 is 1.37 bits per heavy atom. The van der Waals surface area contributed by atoms with Gasteiger partial charge < -0.3 is 15.0 Å². The molecule has 3 unspecified atom stereocenters. The Labute approximate surface area is 117 Å². The van der Waals surface area contributed by atoms with E-state index in [-0.39, 0.29) is 5.97 Å². The van der Waals surface area contributed by atoms with Gasteiger partial charge >= 0.3 is 5.97 Å². The Bertz CT molecular complexity index is 286. The molecule has 3 atom stereocenters. The fourth-order valence-electron chi connectivity index (χ4n) is 3.19. The van der Waals surface area contributed by atoms with Crippen molar-refractivity contribution in [1.29, 1.82) is 0 Å². The zero-order chi connectivity index (χ0) is 14.5. The minimum Gasteiger partial charge on any atom is -0.468 e. The molecule has 1 heterocycles. The first-order chi connectivity index (χ1) is 8.91. The van der Waals surface area contributed by atoms with Gasteiger partial charge in [-0.1, -0.05) is 20.8 Å². The standard InChI is InChI=1S/C15H30N2O2/c1-6-7-16-15(4,14(18)19-5)11-17-9-12(2)8-13(3)10-17/h12-13,16H,6-11H2,1-5H3. The third kappa shape index (κ3) is 4.77. The zero-order valence-corrected chi connectivity index (χ0v) is 13.2. The lowest BCUT2D eigenvalue weighted by Crippen LogP contribution is -2.59. The molecule has 0 saturated carbocycles. The molecule has 1 rings (SSSR count). The number of hydrogen-bond donors (Lipinski definition) is 1. The molecule has 19 heavy (non-hydrogen) atoms. The van der Waals surface area contributed by atoms with Gasteiger partial charge in [-0.2, -0.15) is 0 Å². The predicted molar refractivity (Wildman–Crippen MR) is 78.1 cm³/mol. The van der Waals surface area contributed by atoms with Crippen LogP contribution >= 0.6 is 0 Å². The third-order valence-corrected chi connectivity index (χ3v) is 3.89. The fraction of sp³-hybridized carbons (Fsp3) is 0.933. The van der Waals surface area contributed by atoms with Crippen molar-refractivity contribution >= 4 is 5.97 Å². The molecule has 0 aromatic carbocycles. The highest BCUT2D eigenvalue weighted by atomic mass is 16.5. The van der Waals surface area contributed by atoms with Crippen LogP contribution in [0.1, 0.15) is 40.5 Å². The van der Waals surface area contributed by atoms with Gasteiger partial charge in [-0.05, 0) is 38.1 Å². The van der Waals surface area contributed by atoms with Crippen molar-refractivity contribution < 1.29 is 9.53 Å². The summed E-state index contributed by atoms with van der Waals surface area (Å²) >= 11 is 0.